The van der Waals surface area contributed by atoms with Crippen molar-refractivity contribution in [2.45, 2.75) is 5.41 Å². The second-order valence-electron chi connectivity index (χ2n) is 7.41. The zero-order valence-electron chi connectivity index (χ0n) is 15.3. The Morgan fingerprint density at radius 3 is 2.28 bits per heavy atom. The van der Waals surface area contributed by atoms with Crippen molar-refractivity contribution in [1.82, 2.24) is 0 Å². The summed E-state index contributed by atoms with van der Waals surface area (Å²) in [7, 11) is 0. The van der Waals surface area contributed by atoms with Crippen molar-refractivity contribution in [3.63, 3.8) is 0 Å². The van der Waals surface area contributed by atoms with Crippen LogP contribution in [0.5, 0.6) is 11.5 Å². The molecule has 0 N–H and O–H groups in total. The van der Waals surface area contributed by atoms with Crippen LogP contribution in [0, 0.1) is 11.3 Å². The lowest BCUT2D eigenvalue weighted by atomic mass is 9.66. The molecule has 1 spiro atoms. The summed E-state index contributed by atoms with van der Waals surface area (Å²) in [5.74, 6) is 1.60. The molecule has 3 heteroatoms. The summed E-state index contributed by atoms with van der Waals surface area (Å²) in [6.45, 7) is 0. The second-order valence-corrected chi connectivity index (χ2v) is 7.84. The number of ether oxygens (including phenoxy) is 1. The van der Waals surface area contributed by atoms with Crippen LogP contribution < -0.4 is 4.74 Å². The fourth-order valence-electron chi connectivity index (χ4n) is 4.94. The van der Waals surface area contributed by atoms with Gasteiger partial charge in [0.05, 0.1) is 17.0 Å². The highest BCUT2D eigenvalue weighted by molar-refractivity contribution is 6.30. The Balaban J connectivity index is 1.86. The van der Waals surface area contributed by atoms with Gasteiger partial charge >= 0.3 is 0 Å². The lowest BCUT2D eigenvalue weighted by molar-refractivity contribution is 0.436. The molecule has 1 heterocycles. The molecular weight excluding hydrogens is 378 g/mol. The first-order valence-electron chi connectivity index (χ1n) is 9.45. The first-order valence-corrected chi connectivity index (χ1v) is 9.83. The van der Waals surface area contributed by atoms with Crippen LogP contribution in [-0.4, -0.2) is 0 Å². The molecule has 2 nitrogen and oxygen atoms in total. The average Bonchev–Trinajstić information content (AvgIpc) is 3.04. The normalized spacial score (nSPS) is 17.5. The Morgan fingerprint density at radius 1 is 0.690 bits per heavy atom. The van der Waals surface area contributed by atoms with Gasteiger partial charge in [-0.3, -0.25) is 0 Å². The van der Waals surface area contributed by atoms with Crippen molar-refractivity contribution in [3.05, 3.63) is 118 Å². The SMILES string of the molecule is N#Cc1ccc2c(c1)C1(c3ccccc3O2)c2ccccc2-c2ccc(Cl)cc21. The van der Waals surface area contributed by atoms with Gasteiger partial charge in [0.15, 0.2) is 0 Å². The molecule has 1 atom stereocenters. The molecule has 136 valence electrons. The van der Waals surface area contributed by atoms with E-state index < -0.39 is 5.41 Å². The minimum Gasteiger partial charge on any atom is -0.457 e. The fourth-order valence-corrected chi connectivity index (χ4v) is 5.11. The van der Waals surface area contributed by atoms with Crippen LogP contribution in [0.3, 0.4) is 0 Å². The molecule has 0 amide bonds. The summed E-state index contributed by atoms with van der Waals surface area (Å²) < 4.78 is 6.28. The molecule has 0 aromatic heterocycles. The van der Waals surface area contributed by atoms with Crippen LogP contribution in [0.1, 0.15) is 27.8 Å². The third kappa shape index (κ3) is 2.00. The molecule has 1 aliphatic carbocycles. The molecule has 29 heavy (non-hydrogen) atoms. The topological polar surface area (TPSA) is 33.0 Å². The first-order chi connectivity index (χ1) is 14.2. The molecule has 0 saturated heterocycles. The predicted octanol–water partition coefficient (Wildman–Crippen LogP) is 6.68. The number of hydrogen-bond donors (Lipinski definition) is 0. The van der Waals surface area contributed by atoms with Gasteiger partial charge in [-0.1, -0.05) is 60.1 Å². The number of rotatable bonds is 0. The number of benzene rings is 4. The van der Waals surface area contributed by atoms with Gasteiger partial charge in [0.25, 0.3) is 0 Å². The first kappa shape index (κ1) is 16.4. The van der Waals surface area contributed by atoms with E-state index in [0.29, 0.717) is 10.6 Å². The summed E-state index contributed by atoms with van der Waals surface area (Å²) in [4.78, 5) is 0. The number of halogens is 1. The highest BCUT2D eigenvalue weighted by atomic mass is 35.5. The van der Waals surface area contributed by atoms with Crippen LogP contribution in [0.25, 0.3) is 11.1 Å². The van der Waals surface area contributed by atoms with E-state index in [1.807, 2.05) is 36.4 Å². The van der Waals surface area contributed by atoms with Gasteiger partial charge in [-0.05, 0) is 58.7 Å². The molecule has 4 aromatic carbocycles. The van der Waals surface area contributed by atoms with E-state index in [1.165, 1.54) is 11.1 Å². The third-order valence-electron chi connectivity index (χ3n) is 6.03. The van der Waals surface area contributed by atoms with Gasteiger partial charge in [0.1, 0.15) is 11.5 Å². The molecule has 2 aliphatic rings. The number of para-hydroxylation sites is 1. The lowest BCUT2D eigenvalue weighted by Crippen LogP contribution is -2.32. The smallest absolute Gasteiger partial charge is 0.132 e. The monoisotopic (exact) mass is 391 g/mol. The summed E-state index contributed by atoms with van der Waals surface area (Å²) in [5, 5.41) is 10.3. The number of nitrogens with zero attached hydrogens (tertiary/aromatic N) is 1. The second kappa shape index (κ2) is 5.73. The van der Waals surface area contributed by atoms with E-state index in [9.17, 15) is 5.26 Å². The Hall–Kier alpha value is -3.54. The maximum absolute atomic E-state index is 9.59. The van der Waals surface area contributed by atoms with Crippen LogP contribution >= 0.6 is 11.6 Å². The van der Waals surface area contributed by atoms with Crippen molar-refractivity contribution < 1.29 is 4.74 Å². The average molecular weight is 392 g/mol. The highest BCUT2D eigenvalue weighted by Gasteiger charge is 2.51. The number of fused-ring (bicyclic) bond motifs is 9. The zero-order valence-corrected chi connectivity index (χ0v) is 16.1. The van der Waals surface area contributed by atoms with E-state index in [4.69, 9.17) is 16.3 Å². The summed E-state index contributed by atoms with van der Waals surface area (Å²) in [6, 6.07) is 30.6. The molecule has 1 unspecified atom stereocenters. The Labute approximate surface area is 173 Å². The van der Waals surface area contributed by atoms with Gasteiger partial charge in [0.2, 0.25) is 0 Å². The molecule has 4 aromatic rings. The molecule has 0 bridgehead atoms. The van der Waals surface area contributed by atoms with E-state index in [0.717, 1.165) is 33.8 Å². The maximum Gasteiger partial charge on any atom is 0.132 e. The lowest BCUT2D eigenvalue weighted by Gasteiger charge is -2.39. The van der Waals surface area contributed by atoms with Crippen molar-refractivity contribution >= 4 is 11.6 Å². The number of hydrogen-bond acceptors (Lipinski definition) is 2. The van der Waals surface area contributed by atoms with Gasteiger partial charge in [0, 0.05) is 16.1 Å². The van der Waals surface area contributed by atoms with Crippen LogP contribution in [0.4, 0.5) is 0 Å². The quantitative estimate of drug-likeness (QED) is 0.289. The highest BCUT2D eigenvalue weighted by Crippen LogP contribution is 2.62. The van der Waals surface area contributed by atoms with E-state index in [1.54, 1.807) is 6.07 Å². The van der Waals surface area contributed by atoms with E-state index in [2.05, 4.69) is 48.5 Å². The minimum absolute atomic E-state index is 0.576. The molecule has 1 aliphatic heterocycles. The molecule has 0 fully saturated rings. The molecule has 0 saturated carbocycles. The van der Waals surface area contributed by atoms with Crippen LogP contribution in [-0.2, 0) is 5.41 Å². The predicted molar refractivity (Wildman–Crippen MR) is 114 cm³/mol. The maximum atomic E-state index is 9.59. The van der Waals surface area contributed by atoms with Gasteiger partial charge in [-0.2, -0.15) is 5.26 Å². The molecule has 0 radical (unpaired) electrons. The Morgan fingerprint density at radius 2 is 1.41 bits per heavy atom. The van der Waals surface area contributed by atoms with Crippen molar-refractivity contribution in [2.75, 3.05) is 0 Å². The van der Waals surface area contributed by atoms with Crippen molar-refractivity contribution in [3.8, 4) is 28.7 Å². The van der Waals surface area contributed by atoms with Gasteiger partial charge < -0.3 is 4.74 Å². The summed E-state index contributed by atoms with van der Waals surface area (Å²) in [5.41, 5.74) is 6.73. The van der Waals surface area contributed by atoms with E-state index in [-0.39, 0.29) is 0 Å². The third-order valence-corrected chi connectivity index (χ3v) is 6.27. The Kier molecular flexibility index (Phi) is 3.25. The van der Waals surface area contributed by atoms with Crippen molar-refractivity contribution in [2.24, 2.45) is 0 Å². The zero-order chi connectivity index (χ0) is 19.6. The van der Waals surface area contributed by atoms with E-state index >= 15 is 0 Å². The largest absolute Gasteiger partial charge is 0.457 e. The van der Waals surface area contributed by atoms with Crippen molar-refractivity contribution in [1.29, 1.82) is 5.26 Å². The van der Waals surface area contributed by atoms with Gasteiger partial charge in [-0.25, -0.2) is 0 Å². The van der Waals surface area contributed by atoms with Crippen LogP contribution in [0.15, 0.2) is 84.9 Å². The summed E-state index contributed by atoms with van der Waals surface area (Å²) in [6.07, 6.45) is 0. The summed E-state index contributed by atoms with van der Waals surface area (Å²) >= 11 is 6.50. The minimum atomic E-state index is -0.576. The standard InChI is InChI=1S/C26H14ClNO/c27-17-10-11-19-18-5-1-2-6-20(18)26(22(19)14-17)21-7-3-4-8-24(21)29-25-12-9-16(15-28)13-23(25)26/h1-14H. The number of nitriles is 1. The molecular formula is C26H14ClNO. The fraction of sp³-hybridized carbons (Fsp3) is 0.0385. The Bertz CT molecular complexity index is 1370. The van der Waals surface area contributed by atoms with Crippen LogP contribution in [0.2, 0.25) is 5.02 Å². The molecule has 6 rings (SSSR count). The van der Waals surface area contributed by atoms with Gasteiger partial charge in [-0.15, -0.1) is 0 Å².